The van der Waals surface area contributed by atoms with E-state index in [1.54, 1.807) is 0 Å². The van der Waals surface area contributed by atoms with Gasteiger partial charge in [0.15, 0.2) is 0 Å². The number of fused-ring (bicyclic) bond motifs is 2. The van der Waals surface area contributed by atoms with E-state index in [2.05, 4.69) is 13.8 Å². The molecule has 1 aliphatic heterocycles. The van der Waals surface area contributed by atoms with Crippen molar-refractivity contribution < 1.29 is 30.0 Å². The fourth-order valence-electron chi connectivity index (χ4n) is 6.69. The molecular weight excluding hydrogens is 336 g/mol. The van der Waals surface area contributed by atoms with Gasteiger partial charge < -0.3 is 30.0 Å². The Labute approximate surface area is 155 Å². The van der Waals surface area contributed by atoms with Crippen LogP contribution in [0.25, 0.3) is 0 Å². The first kappa shape index (κ1) is 20.1. The number of hydrogen-bond acceptors (Lipinski definition) is 6. The maximum atomic E-state index is 11.3. The van der Waals surface area contributed by atoms with E-state index < -0.39 is 28.5 Å². The fraction of sp³-hybridized carbons (Fsp3) is 0.950. The van der Waals surface area contributed by atoms with E-state index in [1.165, 1.54) is 0 Å². The molecule has 0 aromatic rings. The van der Waals surface area contributed by atoms with Crippen LogP contribution in [0.3, 0.4) is 0 Å². The van der Waals surface area contributed by atoms with E-state index in [-0.39, 0.29) is 43.5 Å². The normalized spacial score (nSPS) is 51.4. The quantitative estimate of drug-likeness (QED) is 0.664. The summed E-state index contributed by atoms with van der Waals surface area (Å²) >= 11 is 0. The third kappa shape index (κ3) is 2.56. The molecule has 3 rings (SSSR count). The molecule has 0 radical (unpaired) electrons. The largest absolute Gasteiger partial charge is 0.550 e. The Morgan fingerprint density at radius 3 is 2.46 bits per heavy atom. The second kappa shape index (κ2) is 6.43. The second-order valence-corrected chi connectivity index (χ2v) is 9.73. The minimum atomic E-state index is -1.16. The van der Waals surface area contributed by atoms with Gasteiger partial charge in [-0.15, -0.1) is 0 Å². The van der Waals surface area contributed by atoms with E-state index in [9.17, 15) is 25.2 Å². The van der Waals surface area contributed by atoms with Crippen molar-refractivity contribution in [2.45, 2.75) is 71.0 Å². The summed E-state index contributed by atoms with van der Waals surface area (Å²) in [6.07, 6.45) is 2.89. The Morgan fingerprint density at radius 2 is 1.88 bits per heavy atom. The van der Waals surface area contributed by atoms with Crippen LogP contribution in [0.1, 0.15) is 59.3 Å². The molecule has 3 fully saturated rings. The lowest BCUT2D eigenvalue weighted by Gasteiger charge is -2.64. The van der Waals surface area contributed by atoms with Crippen LogP contribution in [0.15, 0.2) is 0 Å². The van der Waals surface area contributed by atoms with Gasteiger partial charge in [0.05, 0.1) is 31.5 Å². The summed E-state index contributed by atoms with van der Waals surface area (Å²) in [5, 5.41) is 42.0. The predicted molar refractivity (Wildman–Crippen MR) is 92.9 cm³/mol. The highest BCUT2D eigenvalue weighted by molar-refractivity contribution is 5.65. The summed E-state index contributed by atoms with van der Waals surface area (Å²) < 4.78 is 6.43. The van der Waals surface area contributed by atoms with Crippen molar-refractivity contribution in [2.24, 2.45) is 28.1 Å². The minimum Gasteiger partial charge on any atom is -0.550 e. The number of ether oxygens (including phenoxy) is 1. The first-order valence-corrected chi connectivity index (χ1v) is 9.83. The van der Waals surface area contributed by atoms with Gasteiger partial charge in [0.2, 0.25) is 0 Å². The van der Waals surface area contributed by atoms with Crippen LogP contribution in [-0.4, -0.2) is 52.8 Å². The fourth-order valence-corrected chi connectivity index (χ4v) is 6.69. The van der Waals surface area contributed by atoms with E-state index in [4.69, 9.17) is 4.74 Å². The number of rotatable bonds is 4. The lowest BCUT2D eigenvalue weighted by atomic mass is 9.43. The molecule has 150 valence electrons. The average Bonchev–Trinajstić information content (AvgIpc) is 2.98. The van der Waals surface area contributed by atoms with Crippen molar-refractivity contribution in [1.82, 2.24) is 0 Å². The van der Waals surface area contributed by atoms with Gasteiger partial charge >= 0.3 is 0 Å². The molecule has 0 aromatic carbocycles. The Bertz CT molecular complexity index is 567. The molecule has 0 aromatic heterocycles. The van der Waals surface area contributed by atoms with Crippen LogP contribution in [0.4, 0.5) is 0 Å². The number of aliphatic hydroxyl groups excluding tert-OH is 3. The lowest BCUT2D eigenvalue weighted by molar-refractivity contribution is -0.308. The van der Waals surface area contributed by atoms with Gasteiger partial charge in [-0.25, -0.2) is 0 Å². The number of carbonyl (C=O) groups is 1. The van der Waals surface area contributed by atoms with Gasteiger partial charge in [-0.1, -0.05) is 20.8 Å². The van der Waals surface area contributed by atoms with E-state index in [0.29, 0.717) is 12.8 Å². The molecule has 2 aliphatic carbocycles. The molecule has 0 amide bonds. The molecule has 26 heavy (non-hydrogen) atoms. The molecule has 2 saturated carbocycles. The Kier molecular flexibility index (Phi) is 4.96. The summed E-state index contributed by atoms with van der Waals surface area (Å²) in [7, 11) is 0. The van der Waals surface area contributed by atoms with Gasteiger partial charge in [-0.2, -0.15) is 0 Å². The Balaban J connectivity index is 2.02. The zero-order valence-electron chi connectivity index (χ0n) is 16.2. The molecule has 1 spiro atoms. The van der Waals surface area contributed by atoms with Crippen LogP contribution in [0.5, 0.6) is 0 Å². The van der Waals surface area contributed by atoms with Crippen LogP contribution in [0.2, 0.25) is 0 Å². The average molecular weight is 369 g/mol. The van der Waals surface area contributed by atoms with Crippen molar-refractivity contribution >= 4 is 5.97 Å². The Hall–Kier alpha value is -0.690. The highest BCUT2D eigenvalue weighted by Gasteiger charge is 2.68. The number of carbonyl (C=O) groups excluding carboxylic acids is 1. The molecule has 7 atom stereocenters. The van der Waals surface area contributed by atoms with Crippen molar-refractivity contribution in [2.75, 3.05) is 19.8 Å². The van der Waals surface area contributed by atoms with Gasteiger partial charge in [0, 0.05) is 22.2 Å². The highest BCUT2D eigenvalue weighted by atomic mass is 16.5. The van der Waals surface area contributed by atoms with Gasteiger partial charge in [0.1, 0.15) is 0 Å². The van der Waals surface area contributed by atoms with E-state index in [0.717, 1.165) is 19.3 Å². The topological polar surface area (TPSA) is 110 Å². The summed E-state index contributed by atoms with van der Waals surface area (Å²) in [6, 6.07) is 0. The molecule has 6 heteroatoms. The van der Waals surface area contributed by atoms with Crippen LogP contribution in [-0.2, 0) is 9.53 Å². The summed E-state index contributed by atoms with van der Waals surface area (Å²) in [5.74, 6) is -0.862. The standard InChI is InChI=1S/C20H34O6/c1-13-4-5-14-17(2,10-21)15(23)6-7-18(14,3)20(13)9-19(11-22,12-26-20)8-16(24)25/h13-15,21-23H,4-12H2,1-3H3,(H,24,25)/p-1/t13-,14+,15+,17+,18+,19+,20-/m1/s1. The van der Waals surface area contributed by atoms with Gasteiger partial charge in [-0.05, 0) is 50.4 Å². The third-order valence-electron chi connectivity index (χ3n) is 8.38. The highest BCUT2D eigenvalue weighted by Crippen LogP contribution is 2.67. The van der Waals surface area contributed by atoms with Crippen molar-refractivity contribution in [1.29, 1.82) is 0 Å². The van der Waals surface area contributed by atoms with Crippen molar-refractivity contribution in [3.05, 3.63) is 0 Å². The van der Waals surface area contributed by atoms with E-state index >= 15 is 0 Å². The molecular formula is C20H33O6-. The zero-order chi connectivity index (χ0) is 19.4. The zero-order valence-corrected chi connectivity index (χ0v) is 16.2. The van der Waals surface area contributed by atoms with Gasteiger partial charge in [-0.3, -0.25) is 0 Å². The molecule has 3 N–H and O–H groups in total. The molecule has 0 bridgehead atoms. The maximum absolute atomic E-state index is 11.3. The van der Waals surface area contributed by atoms with Crippen LogP contribution in [0, 0.1) is 28.1 Å². The molecule has 3 aliphatic rings. The molecule has 1 saturated heterocycles. The lowest BCUT2D eigenvalue weighted by Crippen LogP contribution is -2.66. The molecule has 0 unspecified atom stereocenters. The van der Waals surface area contributed by atoms with Crippen molar-refractivity contribution in [3.8, 4) is 0 Å². The monoisotopic (exact) mass is 369 g/mol. The predicted octanol–water partition coefficient (Wildman–Crippen LogP) is 0.470. The van der Waals surface area contributed by atoms with Crippen molar-refractivity contribution in [3.63, 3.8) is 0 Å². The SMILES string of the molecule is C[C@@H]1CC[C@H]2[C@](C)(CO)[C@@H](O)CC[C@]2(C)[C@@]12C[C@](CO)(CC(=O)[O-])CO2. The van der Waals surface area contributed by atoms with E-state index in [1.807, 2.05) is 6.92 Å². The number of carboxylic acids is 1. The third-order valence-corrected chi connectivity index (χ3v) is 8.38. The maximum Gasteiger partial charge on any atom is 0.0771 e. The summed E-state index contributed by atoms with van der Waals surface area (Å²) in [4.78, 5) is 11.3. The number of carboxylic acid groups (broad SMARTS) is 1. The molecule has 1 heterocycles. The van der Waals surface area contributed by atoms with Crippen LogP contribution < -0.4 is 5.11 Å². The number of aliphatic hydroxyl groups is 3. The summed E-state index contributed by atoms with van der Waals surface area (Å²) in [5.41, 5.74) is -2.25. The smallest absolute Gasteiger partial charge is 0.0771 e. The number of hydrogen-bond donors (Lipinski definition) is 3. The van der Waals surface area contributed by atoms with Gasteiger partial charge in [0.25, 0.3) is 0 Å². The Morgan fingerprint density at radius 1 is 1.19 bits per heavy atom. The van der Waals surface area contributed by atoms with Crippen LogP contribution >= 0.6 is 0 Å². The first-order valence-electron chi connectivity index (χ1n) is 9.83. The first-order chi connectivity index (χ1) is 12.1. The summed E-state index contributed by atoms with van der Waals surface area (Å²) in [6.45, 7) is 6.18. The minimum absolute atomic E-state index is 0.0803. The number of aliphatic carboxylic acids is 1. The molecule has 6 nitrogen and oxygen atoms in total. The second-order valence-electron chi connectivity index (χ2n) is 9.73.